The Labute approximate surface area is 172 Å². The van der Waals surface area contributed by atoms with E-state index in [1.165, 1.54) is 19.1 Å². The number of non-ortho nitro benzene ring substituents is 1. The first-order chi connectivity index (χ1) is 13.9. The molecule has 0 aromatic heterocycles. The molecule has 12 heteroatoms. The smallest absolute Gasteiger partial charge is 0.333 e. The minimum absolute atomic E-state index is 0.0241. The van der Waals surface area contributed by atoms with Gasteiger partial charge in [-0.1, -0.05) is 13.0 Å². The van der Waals surface area contributed by atoms with Crippen LogP contribution < -0.4 is 0 Å². The van der Waals surface area contributed by atoms with Gasteiger partial charge in [-0.3, -0.25) is 14.9 Å². The number of hydrogen-bond donors (Lipinski definition) is 0. The van der Waals surface area contributed by atoms with E-state index in [4.69, 9.17) is 0 Å². The summed E-state index contributed by atoms with van der Waals surface area (Å²) in [5.74, 6) is -1.32. The Bertz CT molecular complexity index is 897. The van der Waals surface area contributed by atoms with Crippen molar-refractivity contribution in [1.82, 2.24) is 9.21 Å². The molecule has 0 N–H and O–H groups in total. The van der Waals surface area contributed by atoms with Crippen molar-refractivity contribution < 1.29 is 31.3 Å². The summed E-state index contributed by atoms with van der Waals surface area (Å²) in [4.78, 5) is 23.4. The lowest BCUT2D eigenvalue weighted by Gasteiger charge is -2.34. The van der Waals surface area contributed by atoms with E-state index >= 15 is 0 Å². The Hall–Kier alpha value is -2.21. The lowest BCUT2D eigenvalue weighted by molar-refractivity contribution is -0.385. The first-order valence-electron chi connectivity index (χ1n) is 9.47. The number of hydrogen-bond acceptors (Lipinski definition) is 5. The van der Waals surface area contributed by atoms with Crippen LogP contribution in [0.2, 0.25) is 0 Å². The van der Waals surface area contributed by atoms with Gasteiger partial charge in [-0.25, -0.2) is 8.42 Å². The van der Waals surface area contributed by atoms with Gasteiger partial charge in [0.05, 0.1) is 9.82 Å². The zero-order valence-electron chi connectivity index (χ0n) is 16.7. The van der Waals surface area contributed by atoms with Crippen molar-refractivity contribution in [2.75, 3.05) is 26.2 Å². The fourth-order valence-corrected chi connectivity index (χ4v) is 5.19. The standard InChI is InChI=1S/C18H24F3N3O5S/c1-3-8-22(12-18(19,20)21)17(25)14-6-9-23(10-7-14)30(28,29)16-11-15(24(26)27)5-4-13(16)2/h4-5,11,14H,3,6-10,12H2,1-2H3. The van der Waals surface area contributed by atoms with Crippen LogP contribution in [0.3, 0.4) is 0 Å². The summed E-state index contributed by atoms with van der Waals surface area (Å²) >= 11 is 0. The average Bonchev–Trinajstić information content (AvgIpc) is 2.66. The van der Waals surface area contributed by atoms with E-state index in [-0.39, 0.29) is 43.1 Å². The normalized spacial score (nSPS) is 16.4. The molecule has 1 aromatic carbocycles. The number of nitrogens with zero attached hydrogens (tertiary/aromatic N) is 3. The molecule has 0 aliphatic carbocycles. The Balaban J connectivity index is 2.13. The molecule has 1 fully saturated rings. The van der Waals surface area contributed by atoms with Gasteiger partial charge in [-0.05, 0) is 31.7 Å². The van der Waals surface area contributed by atoms with E-state index < -0.39 is 39.5 Å². The number of rotatable bonds is 7. The lowest BCUT2D eigenvalue weighted by atomic mass is 9.96. The number of halogens is 3. The Morgan fingerprint density at radius 3 is 2.40 bits per heavy atom. The Morgan fingerprint density at radius 1 is 1.30 bits per heavy atom. The maximum absolute atomic E-state index is 12.9. The second-order valence-corrected chi connectivity index (χ2v) is 9.17. The second kappa shape index (κ2) is 9.29. The molecule has 1 heterocycles. The SMILES string of the molecule is CCCN(CC(F)(F)F)C(=O)C1CCN(S(=O)(=O)c2cc([N+](=O)[O-])ccc2C)CC1. The van der Waals surface area contributed by atoms with Crippen LogP contribution >= 0.6 is 0 Å². The lowest BCUT2D eigenvalue weighted by Crippen LogP contribution is -2.47. The molecule has 8 nitrogen and oxygen atoms in total. The van der Waals surface area contributed by atoms with Gasteiger partial charge in [0.1, 0.15) is 6.54 Å². The van der Waals surface area contributed by atoms with Gasteiger partial charge in [-0.2, -0.15) is 17.5 Å². The van der Waals surface area contributed by atoms with Gasteiger partial charge >= 0.3 is 6.18 Å². The molecule has 30 heavy (non-hydrogen) atoms. The van der Waals surface area contributed by atoms with E-state index in [9.17, 15) is 36.5 Å². The molecular formula is C18H24F3N3O5S. The third-order valence-electron chi connectivity index (χ3n) is 4.98. The summed E-state index contributed by atoms with van der Waals surface area (Å²) < 4.78 is 65.3. The molecule has 0 bridgehead atoms. The number of aryl methyl sites for hydroxylation is 1. The second-order valence-electron chi connectivity index (χ2n) is 7.26. The largest absolute Gasteiger partial charge is 0.406 e. The summed E-state index contributed by atoms with van der Waals surface area (Å²) in [6.45, 7) is 1.74. The van der Waals surface area contributed by atoms with Crippen LogP contribution in [0.1, 0.15) is 31.7 Å². The van der Waals surface area contributed by atoms with Crippen LogP contribution in [0.25, 0.3) is 0 Å². The van der Waals surface area contributed by atoms with Crippen LogP contribution in [0.5, 0.6) is 0 Å². The van der Waals surface area contributed by atoms with Crippen molar-refractivity contribution in [2.24, 2.45) is 5.92 Å². The molecule has 168 valence electrons. The van der Waals surface area contributed by atoms with Crippen molar-refractivity contribution in [3.63, 3.8) is 0 Å². The van der Waals surface area contributed by atoms with Crippen molar-refractivity contribution in [3.05, 3.63) is 33.9 Å². The summed E-state index contributed by atoms with van der Waals surface area (Å²) in [6, 6.07) is 3.55. The number of alkyl halides is 3. The molecule has 0 saturated carbocycles. The number of piperidine rings is 1. The highest BCUT2D eigenvalue weighted by Gasteiger charge is 2.38. The first-order valence-corrected chi connectivity index (χ1v) is 10.9. The van der Waals surface area contributed by atoms with Crippen molar-refractivity contribution in [2.45, 2.75) is 44.2 Å². The van der Waals surface area contributed by atoms with Gasteiger partial charge in [0.25, 0.3) is 5.69 Å². The van der Waals surface area contributed by atoms with Gasteiger partial charge in [0.15, 0.2) is 0 Å². The number of amides is 1. The molecule has 1 saturated heterocycles. The van der Waals surface area contributed by atoms with E-state index in [1.807, 2.05) is 0 Å². The molecule has 0 spiro atoms. The van der Waals surface area contributed by atoms with Crippen LogP contribution in [-0.2, 0) is 14.8 Å². The molecule has 2 rings (SSSR count). The summed E-state index contributed by atoms with van der Waals surface area (Å²) in [7, 11) is -4.03. The van der Waals surface area contributed by atoms with Crippen molar-refractivity contribution in [3.8, 4) is 0 Å². The maximum Gasteiger partial charge on any atom is 0.406 e. The summed E-state index contributed by atoms with van der Waals surface area (Å²) in [5, 5.41) is 11.0. The molecule has 0 unspecified atom stereocenters. The number of carbonyl (C=O) groups excluding carboxylic acids is 1. The molecule has 0 radical (unpaired) electrons. The monoisotopic (exact) mass is 451 g/mol. The highest BCUT2D eigenvalue weighted by Crippen LogP contribution is 2.29. The van der Waals surface area contributed by atoms with Gasteiger partial charge in [0.2, 0.25) is 15.9 Å². The Kier molecular flexibility index (Phi) is 7.45. The zero-order chi connectivity index (χ0) is 22.7. The molecule has 1 aromatic rings. The van der Waals surface area contributed by atoms with E-state index in [2.05, 4.69) is 0 Å². The fraction of sp³-hybridized carbons (Fsp3) is 0.611. The van der Waals surface area contributed by atoms with E-state index in [0.717, 1.165) is 15.3 Å². The van der Waals surface area contributed by atoms with Crippen LogP contribution in [-0.4, -0.2) is 60.8 Å². The van der Waals surface area contributed by atoms with Crippen LogP contribution in [0.4, 0.5) is 18.9 Å². The van der Waals surface area contributed by atoms with E-state index in [0.29, 0.717) is 12.0 Å². The van der Waals surface area contributed by atoms with E-state index in [1.54, 1.807) is 6.92 Å². The third kappa shape index (κ3) is 5.69. The number of nitro benzene ring substituents is 1. The minimum Gasteiger partial charge on any atom is -0.333 e. The minimum atomic E-state index is -4.51. The molecular weight excluding hydrogens is 427 g/mol. The summed E-state index contributed by atoms with van der Waals surface area (Å²) in [6.07, 6.45) is -3.95. The molecule has 1 aliphatic heterocycles. The van der Waals surface area contributed by atoms with Gasteiger partial charge < -0.3 is 4.90 Å². The number of sulfonamides is 1. The Morgan fingerprint density at radius 2 is 1.90 bits per heavy atom. The van der Waals surface area contributed by atoms with Crippen LogP contribution in [0.15, 0.2) is 23.1 Å². The van der Waals surface area contributed by atoms with Gasteiger partial charge in [-0.15, -0.1) is 0 Å². The highest BCUT2D eigenvalue weighted by molar-refractivity contribution is 7.89. The average molecular weight is 451 g/mol. The van der Waals surface area contributed by atoms with Crippen molar-refractivity contribution >= 4 is 21.6 Å². The third-order valence-corrected chi connectivity index (χ3v) is 7.02. The fourth-order valence-electron chi connectivity index (χ4n) is 3.47. The highest BCUT2D eigenvalue weighted by atomic mass is 32.2. The van der Waals surface area contributed by atoms with Gasteiger partial charge in [0, 0.05) is 37.7 Å². The number of carbonyl (C=O) groups is 1. The topological polar surface area (TPSA) is 101 Å². The number of nitro groups is 1. The number of benzene rings is 1. The molecule has 0 atom stereocenters. The quantitative estimate of drug-likeness (QED) is 0.468. The maximum atomic E-state index is 12.9. The van der Waals surface area contributed by atoms with Crippen LogP contribution in [0, 0.1) is 23.0 Å². The predicted molar refractivity (Wildman–Crippen MR) is 102 cm³/mol. The predicted octanol–water partition coefficient (Wildman–Crippen LogP) is 3.10. The molecule has 1 amide bonds. The first kappa shape index (κ1) is 24.1. The molecule has 1 aliphatic rings. The zero-order valence-corrected chi connectivity index (χ0v) is 17.5. The summed E-state index contributed by atoms with van der Waals surface area (Å²) in [5.41, 5.74) is -0.00954. The van der Waals surface area contributed by atoms with Crippen molar-refractivity contribution in [1.29, 1.82) is 0 Å².